The van der Waals surface area contributed by atoms with Crippen molar-refractivity contribution in [2.24, 2.45) is 0 Å². The van der Waals surface area contributed by atoms with Gasteiger partial charge in [0, 0.05) is 34.4 Å². The van der Waals surface area contributed by atoms with Crippen molar-refractivity contribution in [2.45, 2.75) is 12.5 Å². The molecule has 13 heteroatoms. The van der Waals surface area contributed by atoms with E-state index in [1.807, 2.05) is 0 Å². The number of hydrazine groups is 1. The quantitative estimate of drug-likeness (QED) is 0.0787. The Morgan fingerprint density at radius 2 is 1.34 bits per heavy atom. The van der Waals surface area contributed by atoms with Gasteiger partial charge in [0.2, 0.25) is 0 Å². The van der Waals surface area contributed by atoms with Crippen molar-refractivity contribution in [1.29, 1.82) is 0 Å². The number of benzene rings is 3. The van der Waals surface area contributed by atoms with Crippen LogP contribution in [0.5, 0.6) is 0 Å². The van der Waals surface area contributed by atoms with Crippen LogP contribution in [0, 0.1) is 0 Å². The summed E-state index contributed by atoms with van der Waals surface area (Å²) < 4.78 is 1.55. The van der Waals surface area contributed by atoms with Crippen molar-refractivity contribution < 1.29 is 19.2 Å². The summed E-state index contributed by atoms with van der Waals surface area (Å²) in [5.74, 6) is -3.04. The summed E-state index contributed by atoms with van der Waals surface area (Å²) in [7, 11) is 0. The maximum atomic E-state index is 14.0. The molecule has 6 nitrogen and oxygen atoms in total. The topological polar surface area (TPSA) is 74.8 Å². The van der Waals surface area contributed by atoms with E-state index in [0.717, 1.165) is 5.01 Å². The lowest BCUT2D eigenvalue weighted by atomic mass is 10.0. The fraction of sp³-hybridized carbons (Fsp3) is 0.120. The van der Waals surface area contributed by atoms with Crippen molar-refractivity contribution in [3.8, 4) is 0 Å². The average Bonchev–Trinajstić information content (AvgIpc) is 3.16. The molecule has 0 radical (unpaired) electrons. The van der Waals surface area contributed by atoms with Gasteiger partial charge in [-0.2, -0.15) is 5.01 Å². The number of ketones is 1. The average molecular weight is 831 g/mol. The van der Waals surface area contributed by atoms with Crippen molar-refractivity contribution in [1.82, 2.24) is 10.0 Å². The first-order valence-electron chi connectivity index (χ1n) is 10.7. The largest absolute Gasteiger partial charge is 0.292 e. The second kappa shape index (κ2) is 12.1. The lowest BCUT2D eigenvalue weighted by molar-refractivity contribution is -0.00964. The van der Waals surface area contributed by atoms with Gasteiger partial charge in [-0.15, -0.1) is 11.6 Å². The fourth-order valence-corrected chi connectivity index (χ4v) is 6.94. The number of carbonyl (C=O) groups excluding carboxylic acids is 4. The number of hydrogen-bond acceptors (Lipinski definition) is 4. The lowest BCUT2D eigenvalue weighted by Gasteiger charge is -2.36. The number of alkyl halides is 1. The highest BCUT2D eigenvalue weighted by atomic mass is 79.9. The molecule has 0 saturated heterocycles. The predicted molar refractivity (Wildman–Crippen MR) is 160 cm³/mol. The SMILES string of the molecule is O=C(c1ccc(Cl)cc1)[C@H](CCCl)N(C(=O)c1ccccc1Cl)N1C(=O)c2c(Br)c(Br)c(Br)c(Br)c2C1=O. The van der Waals surface area contributed by atoms with Crippen molar-refractivity contribution >= 4 is 122 Å². The van der Waals surface area contributed by atoms with Gasteiger partial charge >= 0.3 is 0 Å². The van der Waals surface area contributed by atoms with Crippen LogP contribution in [-0.4, -0.2) is 45.4 Å². The van der Waals surface area contributed by atoms with E-state index >= 15 is 0 Å². The van der Waals surface area contributed by atoms with E-state index in [9.17, 15) is 19.2 Å². The first-order valence-corrected chi connectivity index (χ1v) is 15.2. The highest BCUT2D eigenvalue weighted by Crippen LogP contribution is 2.46. The van der Waals surface area contributed by atoms with Crippen LogP contribution >= 0.6 is 98.5 Å². The fourth-order valence-electron chi connectivity index (χ4n) is 3.94. The Hall–Kier alpha value is -1.27. The molecule has 196 valence electrons. The van der Waals surface area contributed by atoms with Crippen molar-refractivity contribution in [2.75, 3.05) is 5.88 Å². The first kappa shape index (κ1) is 29.7. The van der Waals surface area contributed by atoms with Gasteiger partial charge in [0.25, 0.3) is 17.7 Å². The van der Waals surface area contributed by atoms with E-state index in [1.165, 1.54) is 36.4 Å². The van der Waals surface area contributed by atoms with Gasteiger partial charge in [-0.25, -0.2) is 5.01 Å². The van der Waals surface area contributed by atoms with E-state index in [2.05, 4.69) is 63.7 Å². The molecule has 0 aromatic heterocycles. The molecule has 1 aliphatic rings. The van der Waals surface area contributed by atoms with Crippen molar-refractivity contribution in [3.63, 3.8) is 0 Å². The molecule has 3 aromatic rings. The summed E-state index contributed by atoms with van der Waals surface area (Å²) >= 11 is 31.9. The van der Waals surface area contributed by atoms with Crippen LogP contribution in [0.1, 0.15) is 47.9 Å². The third-order valence-corrected chi connectivity index (χ3v) is 11.3. The van der Waals surface area contributed by atoms with Crippen molar-refractivity contribution in [3.05, 3.63) is 98.7 Å². The molecule has 1 aliphatic heterocycles. The summed E-state index contributed by atoms with van der Waals surface area (Å²) in [6.45, 7) is 0. The first-order chi connectivity index (χ1) is 18.0. The normalized spacial score (nSPS) is 13.5. The lowest BCUT2D eigenvalue weighted by Crippen LogP contribution is -2.57. The Balaban J connectivity index is 1.94. The summed E-state index contributed by atoms with van der Waals surface area (Å²) in [5, 5.41) is 2.02. The highest BCUT2D eigenvalue weighted by Gasteiger charge is 2.49. The molecular weight excluding hydrogens is 818 g/mol. The molecule has 0 fully saturated rings. The second-order valence-corrected chi connectivity index (χ2v) is 12.3. The standard InChI is InChI=1S/C25H13Br4Cl3N2O4/c26-18-16-17(19(27)21(29)20(18)28)25(38)34(24(16)37)33(23(36)13-3-1-2-4-14(13)32)15(9-10-30)22(35)11-5-7-12(31)8-6-11/h1-8,15H,9-10H2/t15-/m0/s1. The molecule has 0 spiro atoms. The van der Waals surface area contributed by atoms with E-state index in [4.69, 9.17) is 34.8 Å². The third-order valence-electron chi connectivity index (χ3n) is 5.72. The Labute approximate surface area is 266 Å². The molecule has 1 atom stereocenters. The Bertz CT molecular complexity index is 1450. The minimum absolute atomic E-state index is 0.00491. The number of halogens is 7. The zero-order valence-electron chi connectivity index (χ0n) is 18.8. The third kappa shape index (κ3) is 5.25. The van der Waals surface area contributed by atoms with Gasteiger partial charge in [0.05, 0.1) is 21.7 Å². The molecule has 1 heterocycles. The number of carbonyl (C=O) groups is 4. The molecule has 0 unspecified atom stereocenters. The zero-order valence-corrected chi connectivity index (χ0v) is 27.4. The molecule has 0 saturated carbocycles. The van der Waals surface area contributed by atoms with E-state index in [1.54, 1.807) is 12.1 Å². The molecule has 3 amide bonds. The van der Waals surface area contributed by atoms with E-state index in [0.29, 0.717) is 27.9 Å². The zero-order chi connectivity index (χ0) is 27.9. The summed E-state index contributed by atoms with van der Waals surface area (Å²) in [6, 6.07) is 10.9. The summed E-state index contributed by atoms with van der Waals surface area (Å²) in [4.78, 5) is 55.5. The van der Waals surface area contributed by atoms with Crippen LogP contribution < -0.4 is 0 Å². The predicted octanol–water partition coefficient (Wildman–Crippen LogP) is 8.58. The molecule has 0 bridgehead atoms. The molecule has 4 rings (SSSR count). The molecule has 3 aromatic carbocycles. The minimum atomic E-state index is -1.33. The number of imide groups is 1. The number of Topliss-reactive ketones (excluding diaryl/α,β-unsaturated/α-hetero) is 1. The van der Waals surface area contributed by atoms with Crippen LogP contribution in [-0.2, 0) is 0 Å². The number of nitrogens with zero attached hydrogens (tertiary/aromatic N) is 2. The van der Waals surface area contributed by atoms with Crippen LogP contribution in [0.2, 0.25) is 10.0 Å². The molecule has 0 aliphatic carbocycles. The van der Waals surface area contributed by atoms with Gasteiger partial charge < -0.3 is 0 Å². The van der Waals surface area contributed by atoms with E-state index in [-0.39, 0.29) is 39.6 Å². The summed E-state index contributed by atoms with van der Waals surface area (Å²) in [6.07, 6.45) is -0.0671. The maximum Gasteiger partial charge on any atom is 0.282 e. The smallest absolute Gasteiger partial charge is 0.282 e. The molecule has 0 N–H and O–H groups in total. The number of hydrogen-bond donors (Lipinski definition) is 0. The van der Waals surface area contributed by atoms with Crippen LogP contribution in [0.15, 0.2) is 66.4 Å². The van der Waals surface area contributed by atoms with Gasteiger partial charge in [0.15, 0.2) is 5.78 Å². The molecule has 38 heavy (non-hydrogen) atoms. The maximum absolute atomic E-state index is 14.0. The number of rotatable bonds is 7. The van der Waals surface area contributed by atoms with Crippen LogP contribution in [0.25, 0.3) is 0 Å². The van der Waals surface area contributed by atoms with E-state index < -0.39 is 29.5 Å². The van der Waals surface area contributed by atoms with Gasteiger partial charge in [0.1, 0.15) is 6.04 Å². The summed E-state index contributed by atoms with van der Waals surface area (Å²) in [5.41, 5.74) is 0.232. The van der Waals surface area contributed by atoms with Gasteiger partial charge in [-0.3, -0.25) is 19.2 Å². The highest BCUT2D eigenvalue weighted by molar-refractivity contribution is 9.15. The van der Waals surface area contributed by atoms with Gasteiger partial charge in [-0.1, -0.05) is 35.3 Å². The minimum Gasteiger partial charge on any atom is -0.292 e. The number of fused-ring (bicyclic) bond motifs is 1. The Morgan fingerprint density at radius 3 is 1.84 bits per heavy atom. The van der Waals surface area contributed by atoms with Gasteiger partial charge in [-0.05, 0) is 107 Å². The Morgan fingerprint density at radius 1 is 0.816 bits per heavy atom. The van der Waals surface area contributed by atoms with Crippen LogP contribution in [0.4, 0.5) is 0 Å². The Kier molecular flexibility index (Phi) is 9.44. The molecular formula is C25H13Br4Cl3N2O4. The van der Waals surface area contributed by atoms with Crippen LogP contribution in [0.3, 0.4) is 0 Å². The number of amides is 3. The monoisotopic (exact) mass is 826 g/mol. The second-order valence-electron chi connectivity index (χ2n) is 7.92.